The van der Waals surface area contributed by atoms with Gasteiger partial charge < -0.3 is 10.2 Å². The van der Waals surface area contributed by atoms with Gasteiger partial charge in [-0.15, -0.1) is 0 Å². The Balaban J connectivity index is 1.87. The molecular formula is C15H24BrN3. The molecule has 19 heavy (non-hydrogen) atoms. The fourth-order valence-electron chi connectivity index (χ4n) is 2.47. The average molecular weight is 326 g/mol. The van der Waals surface area contributed by atoms with Gasteiger partial charge in [0, 0.05) is 29.8 Å². The van der Waals surface area contributed by atoms with Crippen molar-refractivity contribution in [2.24, 2.45) is 5.92 Å². The maximum atomic E-state index is 4.53. The van der Waals surface area contributed by atoms with Gasteiger partial charge in [-0.25, -0.2) is 4.98 Å². The molecule has 0 aliphatic carbocycles. The third kappa shape index (κ3) is 4.18. The van der Waals surface area contributed by atoms with Crippen LogP contribution in [0.15, 0.2) is 16.7 Å². The summed E-state index contributed by atoms with van der Waals surface area (Å²) in [6, 6.07) is 2.77. The summed E-state index contributed by atoms with van der Waals surface area (Å²) in [5, 5.41) is 3.55. The van der Waals surface area contributed by atoms with Gasteiger partial charge in [-0.3, -0.25) is 0 Å². The number of nitrogens with zero attached hydrogens (tertiary/aromatic N) is 2. The fraction of sp³-hybridized carbons (Fsp3) is 0.667. The Labute approximate surface area is 124 Å². The summed E-state index contributed by atoms with van der Waals surface area (Å²) in [6.07, 6.45) is 4.43. The Hall–Kier alpha value is -0.610. The van der Waals surface area contributed by atoms with Crippen LogP contribution in [0.2, 0.25) is 0 Å². The average Bonchev–Trinajstić information content (AvgIpc) is 2.40. The van der Waals surface area contributed by atoms with Crippen molar-refractivity contribution >= 4 is 21.7 Å². The third-order valence-electron chi connectivity index (χ3n) is 3.79. The van der Waals surface area contributed by atoms with Crippen molar-refractivity contribution in [3.63, 3.8) is 0 Å². The molecule has 0 aromatic carbocycles. The van der Waals surface area contributed by atoms with Gasteiger partial charge in [0.25, 0.3) is 0 Å². The van der Waals surface area contributed by atoms with Crippen molar-refractivity contribution < 1.29 is 0 Å². The molecule has 106 valence electrons. The van der Waals surface area contributed by atoms with Gasteiger partial charge in [-0.1, -0.05) is 13.8 Å². The Morgan fingerprint density at radius 1 is 1.42 bits per heavy atom. The molecule has 1 aromatic rings. The first-order valence-corrected chi connectivity index (χ1v) is 7.96. The SMILES string of the molecule is Cc1cc(N2CCC(CNC(C)C)CC2)ncc1Br. The monoisotopic (exact) mass is 325 g/mol. The lowest BCUT2D eigenvalue weighted by molar-refractivity contribution is 0.370. The number of halogens is 1. The summed E-state index contributed by atoms with van der Waals surface area (Å²) in [6.45, 7) is 9.94. The molecule has 1 saturated heterocycles. The molecule has 0 unspecified atom stereocenters. The van der Waals surface area contributed by atoms with Crippen LogP contribution in [0.1, 0.15) is 32.3 Å². The van der Waals surface area contributed by atoms with E-state index in [-0.39, 0.29) is 0 Å². The van der Waals surface area contributed by atoms with E-state index in [4.69, 9.17) is 0 Å². The Kier molecular flexibility index (Phi) is 5.22. The van der Waals surface area contributed by atoms with Crippen molar-refractivity contribution in [1.82, 2.24) is 10.3 Å². The second-order valence-corrected chi connectivity index (χ2v) is 6.64. The Morgan fingerprint density at radius 3 is 2.68 bits per heavy atom. The minimum absolute atomic E-state index is 0.591. The van der Waals surface area contributed by atoms with Crippen molar-refractivity contribution in [2.45, 2.75) is 39.7 Å². The number of aromatic nitrogens is 1. The molecule has 2 heterocycles. The van der Waals surface area contributed by atoms with Crippen LogP contribution in [0, 0.1) is 12.8 Å². The maximum Gasteiger partial charge on any atom is 0.128 e. The normalized spacial score (nSPS) is 17.2. The molecule has 0 saturated carbocycles. The van der Waals surface area contributed by atoms with E-state index in [2.05, 4.69) is 58.0 Å². The molecule has 4 heteroatoms. The molecular weight excluding hydrogens is 302 g/mol. The number of pyridine rings is 1. The molecule has 3 nitrogen and oxygen atoms in total. The van der Waals surface area contributed by atoms with Gasteiger partial charge >= 0.3 is 0 Å². The minimum atomic E-state index is 0.591. The summed E-state index contributed by atoms with van der Waals surface area (Å²) in [7, 11) is 0. The van der Waals surface area contributed by atoms with Gasteiger partial charge in [0.1, 0.15) is 5.82 Å². The third-order valence-corrected chi connectivity index (χ3v) is 4.62. The number of aryl methyl sites for hydroxylation is 1. The van der Waals surface area contributed by atoms with E-state index in [9.17, 15) is 0 Å². The molecule has 1 N–H and O–H groups in total. The highest BCUT2D eigenvalue weighted by Crippen LogP contribution is 2.24. The smallest absolute Gasteiger partial charge is 0.128 e. The number of rotatable bonds is 4. The molecule has 2 rings (SSSR count). The van der Waals surface area contributed by atoms with E-state index in [1.54, 1.807) is 0 Å². The van der Waals surface area contributed by atoms with Crippen molar-refractivity contribution in [2.75, 3.05) is 24.5 Å². The zero-order valence-electron chi connectivity index (χ0n) is 12.1. The van der Waals surface area contributed by atoms with Gasteiger partial charge in [-0.05, 0) is 59.8 Å². The molecule has 1 fully saturated rings. The maximum absolute atomic E-state index is 4.53. The van der Waals surface area contributed by atoms with Crippen LogP contribution in [0.25, 0.3) is 0 Å². The van der Waals surface area contributed by atoms with Gasteiger partial charge in [0.15, 0.2) is 0 Å². The van der Waals surface area contributed by atoms with Crippen LogP contribution in [0.4, 0.5) is 5.82 Å². The first kappa shape index (κ1) is 14.8. The van der Waals surface area contributed by atoms with E-state index in [1.165, 1.54) is 18.4 Å². The highest BCUT2D eigenvalue weighted by Gasteiger charge is 2.20. The van der Waals surface area contributed by atoms with Crippen molar-refractivity contribution in [3.05, 3.63) is 22.3 Å². The van der Waals surface area contributed by atoms with Crippen LogP contribution < -0.4 is 10.2 Å². The van der Waals surface area contributed by atoms with Gasteiger partial charge in [-0.2, -0.15) is 0 Å². The van der Waals surface area contributed by atoms with E-state index < -0.39 is 0 Å². The Bertz CT molecular complexity index is 412. The summed E-state index contributed by atoms with van der Waals surface area (Å²) in [5.41, 5.74) is 1.26. The molecule has 0 atom stereocenters. The van der Waals surface area contributed by atoms with Crippen molar-refractivity contribution in [1.29, 1.82) is 0 Å². The van der Waals surface area contributed by atoms with E-state index in [0.29, 0.717) is 6.04 Å². The molecule has 0 radical (unpaired) electrons. The van der Waals surface area contributed by atoms with Crippen molar-refractivity contribution in [3.8, 4) is 0 Å². The molecule has 0 spiro atoms. The predicted octanol–water partition coefficient (Wildman–Crippen LogP) is 3.37. The highest BCUT2D eigenvalue weighted by molar-refractivity contribution is 9.10. The van der Waals surface area contributed by atoms with Crippen LogP contribution >= 0.6 is 15.9 Å². The number of hydrogen-bond donors (Lipinski definition) is 1. The van der Waals surface area contributed by atoms with E-state index in [1.807, 2.05) is 6.20 Å². The topological polar surface area (TPSA) is 28.2 Å². The molecule has 0 bridgehead atoms. The van der Waals surface area contributed by atoms with Crippen LogP contribution in [0.3, 0.4) is 0 Å². The first-order valence-electron chi connectivity index (χ1n) is 7.16. The predicted molar refractivity (Wildman–Crippen MR) is 84.7 cm³/mol. The molecule has 1 aliphatic heterocycles. The summed E-state index contributed by atoms with van der Waals surface area (Å²) in [5.74, 6) is 1.94. The molecule has 1 aliphatic rings. The fourth-order valence-corrected chi connectivity index (χ4v) is 2.68. The lowest BCUT2D eigenvalue weighted by Gasteiger charge is -2.33. The first-order chi connectivity index (χ1) is 9.06. The molecule has 0 amide bonds. The lowest BCUT2D eigenvalue weighted by Crippen LogP contribution is -2.39. The van der Waals surface area contributed by atoms with Crippen LogP contribution in [-0.2, 0) is 0 Å². The van der Waals surface area contributed by atoms with Crippen LogP contribution in [0.5, 0.6) is 0 Å². The van der Waals surface area contributed by atoms with E-state index in [0.717, 1.165) is 35.8 Å². The lowest BCUT2D eigenvalue weighted by atomic mass is 9.96. The standard InChI is InChI=1S/C15H24BrN3/c1-11(2)17-9-13-4-6-19(7-5-13)15-8-12(3)14(16)10-18-15/h8,10-11,13,17H,4-7,9H2,1-3H3. The van der Waals surface area contributed by atoms with Gasteiger partial charge in [0.2, 0.25) is 0 Å². The Morgan fingerprint density at radius 2 is 2.11 bits per heavy atom. The molecule has 1 aromatic heterocycles. The van der Waals surface area contributed by atoms with E-state index >= 15 is 0 Å². The summed E-state index contributed by atoms with van der Waals surface area (Å²) in [4.78, 5) is 6.93. The number of nitrogens with one attached hydrogen (secondary N) is 1. The highest BCUT2D eigenvalue weighted by atomic mass is 79.9. The quantitative estimate of drug-likeness (QED) is 0.919. The van der Waals surface area contributed by atoms with Crippen LogP contribution in [-0.4, -0.2) is 30.7 Å². The second kappa shape index (κ2) is 6.71. The summed E-state index contributed by atoms with van der Waals surface area (Å²) < 4.78 is 1.09. The largest absolute Gasteiger partial charge is 0.357 e. The second-order valence-electron chi connectivity index (χ2n) is 5.79. The minimum Gasteiger partial charge on any atom is -0.357 e. The number of anilines is 1. The number of hydrogen-bond acceptors (Lipinski definition) is 3. The number of piperidine rings is 1. The summed E-state index contributed by atoms with van der Waals surface area (Å²) >= 11 is 3.51. The van der Waals surface area contributed by atoms with Gasteiger partial charge in [0.05, 0.1) is 0 Å². The zero-order chi connectivity index (χ0) is 13.8. The zero-order valence-corrected chi connectivity index (χ0v) is 13.7.